The van der Waals surface area contributed by atoms with Crippen LogP contribution in [0.25, 0.3) is 11.3 Å². The molecule has 9 nitrogen and oxygen atoms in total. The lowest BCUT2D eigenvalue weighted by Gasteiger charge is -2.31. The van der Waals surface area contributed by atoms with Crippen molar-refractivity contribution in [2.24, 2.45) is 11.8 Å². The molecule has 3 unspecified atom stereocenters. The van der Waals surface area contributed by atoms with Crippen LogP contribution in [0.2, 0.25) is 0 Å². The number of piperidine rings is 1. The molecule has 3 aliphatic rings. The van der Waals surface area contributed by atoms with Crippen LogP contribution in [0.3, 0.4) is 0 Å². The molecule has 2 aliphatic heterocycles. The number of carbonyl (C=O) groups is 2. The maximum atomic E-state index is 14.3. The maximum Gasteiger partial charge on any atom is 0.223 e. The Bertz CT molecular complexity index is 1410. The number of ketones is 1. The molecule has 1 saturated carbocycles. The first-order chi connectivity index (χ1) is 18.9. The third-order valence-corrected chi connectivity index (χ3v) is 8.23. The molecule has 11 heteroatoms. The van der Waals surface area contributed by atoms with E-state index in [9.17, 15) is 18.4 Å². The van der Waals surface area contributed by atoms with Crippen LogP contribution in [0.15, 0.2) is 42.6 Å². The number of halogens is 2. The van der Waals surface area contributed by atoms with Crippen molar-refractivity contribution in [3.63, 3.8) is 0 Å². The Morgan fingerprint density at radius 3 is 2.82 bits per heavy atom. The van der Waals surface area contributed by atoms with Gasteiger partial charge in [0.25, 0.3) is 0 Å². The van der Waals surface area contributed by atoms with Crippen LogP contribution in [0.5, 0.6) is 5.88 Å². The van der Waals surface area contributed by atoms with Gasteiger partial charge in [-0.1, -0.05) is 12.1 Å². The van der Waals surface area contributed by atoms with Crippen LogP contribution < -0.4 is 20.3 Å². The van der Waals surface area contributed by atoms with Crippen molar-refractivity contribution in [3.05, 3.63) is 59.9 Å². The first-order valence-electron chi connectivity index (χ1n) is 13.2. The normalized spacial score (nSPS) is 26.0. The van der Waals surface area contributed by atoms with E-state index in [1.165, 1.54) is 19.2 Å². The Morgan fingerprint density at radius 1 is 1.15 bits per heavy atom. The van der Waals surface area contributed by atoms with Crippen molar-refractivity contribution in [3.8, 4) is 17.1 Å². The van der Waals surface area contributed by atoms with Gasteiger partial charge in [-0.25, -0.2) is 13.8 Å². The van der Waals surface area contributed by atoms with Gasteiger partial charge >= 0.3 is 0 Å². The van der Waals surface area contributed by atoms with Gasteiger partial charge in [0.05, 0.1) is 24.7 Å². The highest BCUT2D eigenvalue weighted by Crippen LogP contribution is 2.51. The topological polar surface area (TPSA) is 112 Å². The lowest BCUT2D eigenvalue weighted by Crippen LogP contribution is -2.49. The number of nitrogens with one attached hydrogen (secondary N) is 3. The smallest absolute Gasteiger partial charge is 0.223 e. The number of H-pyrrole nitrogens is 1. The minimum Gasteiger partial charge on any atom is -0.481 e. The van der Waals surface area contributed by atoms with E-state index >= 15 is 0 Å². The first-order valence-corrected chi connectivity index (χ1v) is 13.2. The Morgan fingerprint density at radius 2 is 2.00 bits per heavy atom. The summed E-state index contributed by atoms with van der Waals surface area (Å²) in [7, 11) is 1.44. The summed E-state index contributed by atoms with van der Waals surface area (Å²) in [5.41, 5.74) is 0.931. The van der Waals surface area contributed by atoms with Gasteiger partial charge in [-0.3, -0.25) is 14.7 Å². The Balaban J connectivity index is 1.07. The standard InChI is InChI=1S/C28H30F2N6O3/c1-39-25-10-18(21(30)14-31-25)22-11-23(35-34-22)26(37)19-13-28(19)12-16(6-8-32-28)27(38)33-17-7-9-36(15-17)24-5-3-2-4-20(24)29/h2-5,10-11,14,16-17,19,32H,6-9,12-13,15H2,1H3,(H,33,38)(H,34,35)/t16?,17-,19?,28?/m1/s1. The van der Waals surface area contributed by atoms with Gasteiger partial charge in [0.15, 0.2) is 11.6 Å². The number of para-hydroxylation sites is 1. The third-order valence-electron chi connectivity index (χ3n) is 8.23. The van der Waals surface area contributed by atoms with Crippen molar-refractivity contribution >= 4 is 17.4 Å². The summed E-state index contributed by atoms with van der Waals surface area (Å²) in [5.74, 6) is -1.22. The van der Waals surface area contributed by atoms with Crippen LogP contribution in [0.1, 0.15) is 36.2 Å². The van der Waals surface area contributed by atoms with E-state index in [1.54, 1.807) is 18.2 Å². The summed E-state index contributed by atoms with van der Waals surface area (Å²) in [6.45, 7) is 1.89. The lowest BCUT2D eigenvalue weighted by atomic mass is 9.87. The molecule has 4 atom stereocenters. The monoisotopic (exact) mass is 536 g/mol. The van der Waals surface area contributed by atoms with Crippen LogP contribution in [0, 0.1) is 23.5 Å². The van der Waals surface area contributed by atoms with E-state index in [2.05, 4.69) is 25.8 Å². The summed E-state index contributed by atoms with van der Waals surface area (Å²) in [5, 5.41) is 13.5. The molecule has 3 N–H and O–H groups in total. The zero-order chi connectivity index (χ0) is 27.1. The maximum absolute atomic E-state index is 14.3. The molecule has 1 amide bonds. The molecule has 0 radical (unpaired) electrons. The highest BCUT2D eigenvalue weighted by atomic mass is 19.1. The number of hydrogen-bond acceptors (Lipinski definition) is 7. The summed E-state index contributed by atoms with van der Waals surface area (Å²) in [6, 6.07) is 9.62. The molecule has 204 valence electrons. The number of rotatable bonds is 7. The molecule has 3 fully saturated rings. The van der Waals surface area contributed by atoms with E-state index in [0.29, 0.717) is 50.3 Å². The van der Waals surface area contributed by atoms with Crippen LogP contribution in [-0.4, -0.2) is 65.2 Å². The molecule has 3 aromatic rings. The molecule has 0 bridgehead atoms. The Hall–Kier alpha value is -3.86. The van der Waals surface area contributed by atoms with Crippen LogP contribution in [0.4, 0.5) is 14.5 Å². The fraction of sp³-hybridized carbons (Fsp3) is 0.429. The van der Waals surface area contributed by atoms with Crippen molar-refractivity contribution in [1.29, 1.82) is 0 Å². The fourth-order valence-electron chi connectivity index (χ4n) is 6.03. The quantitative estimate of drug-likeness (QED) is 0.398. The lowest BCUT2D eigenvalue weighted by molar-refractivity contribution is -0.126. The zero-order valence-corrected chi connectivity index (χ0v) is 21.5. The number of benzene rings is 1. The van der Waals surface area contributed by atoms with Gasteiger partial charge in [-0.15, -0.1) is 0 Å². The van der Waals surface area contributed by atoms with E-state index in [0.717, 1.165) is 12.6 Å². The van der Waals surface area contributed by atoms with E-state index in [4.69, 9.17) is 4.74 Å². The average Bonchev–Trinajstić information content (AvgIpc) is 3.28. The Labute approximate surface area is 224 Å². The zero-order valence-electron chi connectivity index (χ0n) is 21.5. The molecule has 1 spiro atoms. The highest BCUT2D eigenvalue weighted by Gasteiger charge is 2.60. The molecule has 39 heavy (non-hydrogen) atoms. The predicted molar refractivity (Wildman–Crippen MR) is 139 cm³/mol. The van der Waals surface area contributed by atoms with Crippen molar-refractivity contribution < 1.29 is 23.1 Å². The van der Waals surface area contributed by atoms with Crippen molar-refractivity contribution in [2.75, 3.05) is 31.6 Å². The molecule has 6 rings (SSSR count). The number of carbonyl (C=O) groups excluding carboxylic acids is 2. The van der Waals surface area contributed by atoms with Gasteiger partial charge in [0.2, 0.25) is 11.8 Å². The van der Waals surface area contributed by atoms with Crippen LogP contribution in [-0.2, 0) is 4.79 Å². The van der Waals surface area contributed by atoms with Gasteiger partial charge in [0, 0.05) is 48.1 Å². The second kappa shape index (κ2) is 10.0. The second-order valence-corrected chi connectivity index (χ2v) is 10.7. The summed E-state index contributed by atoms with van der Waals surface area (Å²) in [6.07, 6.45) is 3.69. The second-order valence-electron chi connectivity index (χ2n) is 10.7. The number of aromatic nitrogens is 3. The SMILES string of the molecule is COc1cc(-c2cc(C(=O)C3CC34CC(C(=O)N[C@@H]3CCN(c5ccccc5F)C3)CCN4)n[nH]2)c(F)cn1. The molecular formula is C28H30F2N6O3. The van der Waals surface area contributed by atoms with Crippen LogP contribution >= 0.6 is 0 Å². The summed E-state index contributed by atoms with van der Waals surface area (Å²) < 4.78 is 33.6. The van der Waals surface area contributed by atoms with E-state index in [1.807, 2.05) is 11.0 Å². The number of anilines is 1. The number of nitrogens with zero attached hydrogens (tertiary/aromatic N) is 3. The highest BCUT2D eigenvalue weighted by molar-refractivity contribution is 6.00. The van der Waals surface area contributed by atoms with Crippen molar-refractivity contribution in [2.45, 2.75) is 37.3 Å². The summed E-state index contributed by atoms with van der Waals surface area (Å²) in [4.78, 5) is 32.3. The number of methoxy groups -OCH3 is 1. The van der Waals surface area contributed by atoms with Crippen molar-refractivity contribution in [1.82, 2.24) is 25.8 Å². The first kappa shape index (κ1) is 25.4. The van der Waals surface area contributed by atoms with E-state index in [-0.39, 0.29) is 52.5 Å². The molecule has 4 heterocycles. The largest absolute Gasteiger partial charge is 0.481 e. The molecule has 1 aliphatic carbocycles. The number of pyridine rings is 1. The number of Topliss-reactive ketones (excluding diaryl/α,β-unsaturated/α-hetero) is 1. The van der Waals surface area contributed by atoms with Gasteiger partial charge in [-0.05, 0) is 50.4 Å². The van der Waals surface area contributed by atoms with Gasteiger partial charge < -0.3 is 20.3 Å². The number of ether oxygens (including phenoxy) is 1. The average molecular weight is 537 g/mol. The fourth-order valence-corrected chi connectivity index (χ4v) is 6.03. The van der Waals surface area contributed by atoms with Gasteiger partial charge in [0.1, 0.15) is 11.5 Å². The van der Waals surface area contributed by atoms with Gasteiger partial charge in [-0.2, -0.15) is 5.10 Å². The molecular weight excluding hydrogens is 506 g/mol. The molecule has 2 saturated heterocycles. The predicted octanol–water partition coefficient (Wildman–Crippen LogP) is 3.09. The number of hydrogen-bond donors (Lipinski definition) is 3. The molecule has 2 aromatic heterocycles. The minimum atomic E-state index is -0.552. The summed E-state index contributed by atoms with van der Waals surface area (Å²) >= 11 is 0. The molecule has 1 aromatic carbocycles. The third kappa shape index (κ3) is 4.87. The Kier molecular flexibility index (Phi) is 6.54. The number of aromatic amines is 1. The van der Waals surface area contributed by atoms with E-state index < -0.39 is 11.4 Å². The minimum absolute atomic E-state index is 0.0153. The number of amides is 1.